The SMILES string of the molecule is COc1ccc(-c2c(C)c(-c3ccccc3)nc3sc4c(c23)CCC(C)C4)cc1.Cl. The average Bonchev–Trinajstić information content (AvgIpc) is 3.11. The van der Waals surface area contributed by atoms with Crippen molar-refractivity contribution in [2.45, 2.75) is 33.1 Å². The van der Waals surface area contributed by atoms with Crippen LogP contribution in [0.2, 0.25) is 0 Å². The quantitative estimate of drug-likeness (QED) is 0.332. The van der Waals surface area contributed by atoms with Gasteiger partial charge in [-0.25, -0.2) is 4.98 Å². The first-order valence-corrected chi connectivity index (χ1v) is 11.1. The smallest absolute Gasteiger partial charge is 0.125 e. The summed E-state index contributed by atoms with van der Waals surface area (Å²) in [7, 11) is 1.72. The van der Waals surface area contributed by atoms with E-state index < -0.39 is 0 Å². The van der Waals surface area contributed by atoms with Crippen LogP contribution < -0.4 is 4.74 Å². The van der Waals surface area contributed by atoms with E-state index in [1.54, 1.807) is 7.11 Å². The summed E-state index contributed by atoms with van der Waals surface area (Å²) in [4.78, 5) is 7.90. The van der Waals surface area contributed by atoms with E-state index >= 15 is 0 Å². The molecule has 2 heterocycles. The number of pyridine rings is 1. The molecule has 0 saturated heterocycles. The van der Waals surface area contributed by atoms with E-state index in [1.165, 1.54) is 55.8 Å². The van der Waals surface area contributed by atoms with Crippen LogP contribution in [-0.4, -0.2) is 12.1 Å². The highest BCUT2D eigenvalue weighted by Gasteiger charge is 2.25. The van der Waals surface area contributed by atoms with Gasteiger partial charge in [-0.3, -0.25) is 0 Å². The van der Waals surface area contributed by atoms with Crippen LogP contribution >= 0.6 is 23.7 Å². The Morgan fingerprint density at radius 3 is 2.43 bits per heavy atom. The van der Waals surface area contributed by atoms with Crippen LogP contribution in [0.1, 0.15) is 29.3 Å². The Balaban J connectivity index is 0.00000218. The van der Waals surface area contributed by atoms with Crippen LogP contribution in [0.5, 0.6) is 5.75 Å². The third-order valence-electron chi connectivity index (χ3n) is 6.11. The lowest BCUT2D eigenvalue weighted by molar-refractivity contribution is 0.415. The molecule has 5 rings (SSSR count). The molecule has 1 aliphatic rings. The standard InChI is InChI=1S/C26H25NOS.ClH/c1-16-9-14-21-22(15-16)29-26-24(21)23(18-10-12-20(28-3)13-11-18)17(2)25(27-26)19-7-5-4-6-8-19;/h4-8,10-13,16H,9,14-15H2,1-3H3;1H. The fourth-order valence-electron chi connectivity index (χ4n) is 4.56. The third kappa shape index (κ3) is 3.51. The highest BCUT2D eigenvalue weighted by atomic mass is 35.5. The van der Waals surface area contributed by atoms with Gasteiger partial charge in [-0.1, -0.05) is 49.4 Å². The molecule has 0 saturated carbocycles. The van der Waals surface area contributed by atoms with Crippen LogP contribution in [0.3, 0.4) is 0 Å². The van der Waals surface area contributed by atoms with E-state index in [1.807, 2.05) is 11.3 Å². The predicted octanol–water partition coefficient (Wildman–Crippen LogP) is 7.49. The Morgan fingerprint density at radius 2 is 1.73 bits per heavy atom. The summed E-state index contributed by atoms with van der Waals surface area (Å²) >= 11 is 1.90. The molecule has 2 aromatic carbocycles. The number of aromatic nitrogens is 1. The second-order valence-corrected chi connectivity index (χ2v) is 9.17. The highest BCUT2D eigenvalue weighted by Crippen LogP contribution is 2.45. The van der Waals surface area contributed by atoms with Crippen LogP contribution in [0.25, 0.3) is 32.6 Å². The summed E-state index contributed by atoms with van der Waals surface area (Å²) in [5.74, 6) is 1.65. The summed E-state index contributed by atoms with van der Waals surface area (Å²) in [6, 6.07) is 19.1. The second kappa shape index (κ2) is 8.41. The van der Waals surface area contributed by atoms with Gasteiger partial charge in [0.05, 0.1) is 12.8 Å². The van der Waals surface area contributed by atoms with Gasteiger partial charge in [-0.05, 0) is 66.5 Å². The van der Waals surface area contributed by atoms with Crippen molar-refractivity contribution in [1.82, 2.24) is 4.98 Å². The number of methoxy groups -OCH3 is 1. The van der Waals surface area contributed by atoms with Gasteiger partial charge in [0.15, 0.2) is 0 Å². The minimum absolute atomic E-state index is 0. The molecule has 0 aliphatic heterocycles. The molecule has 0 spiro atoms. The number of aryl methyl sites for hydroxylation is 1. The zero-order valence-electron chi connectivity index (χ0n) is 17.6. The lowest BCUT2D eigenvalue weighted by Gasteiger charge is -2.19. The zero-order chi connectivity index (χ0) is 20.0. The average molecular weight is 436 g/mol. The van der Waals surface area contributed by atoms with Gasteiger partial charge < -0.3 is 4.74 Å². The van der Waals surface area contributed by atoms with Crippen LogP contribution in [0.4, 0.5) is 0 Å². The molecule has 1 unspecified atom stereocenters. The van der Waals surface area contributed by atoms with Crippen molar-refractivity contribution in [2.24, 2.45) is 5.92 Å². The molecule has 154 valence electrons. The molecular formula is C26H26ClNOS. The topological polar surface area (TPSA) is 22.1 Å². The third-order valence-corrected chi connectivity index (χ3v) is 7.26. The number of hydrogen-bond donors (Lipinski definition) is 0. The van der Waals surface area contributed by atoms with Gasteiger partial charge in [-0.2, -0.15) is 0 Å². The Morgan fingerprint density at radius 1 is 1.00 bits per heavy atom. The molecule has 1 aliphatic carbocycles. The minimum Gasteiger partial charge on any atom is -0.497 e. The van der Waals surface area contributed by atoms with Crippen molar-refractivity contribution < 1.29 is 4.74 Å². The fraction of sp³-hybridized carbons (Fsp3) is 0.269. The Kier molecular flexibility index (Phi) is 5.86. The van der Waals surface area contributed by atoms with Gasteiger partial charge in [0, 0.05) is 15.8 Å². The Hall–Kier alpha value is -2.36. The second-order valence-electron chi connectivity index (χ2n) is 8.09. The zero-order valence-corrected chi connectivity index (χ0v) is 19.2. The van der Waals surface area contributed by atoms with Crippen LogP contribution in [0.15, 0.2) is 54.6 Å². The number of rotatable bonds is 3. The van der Waals surface area contributed by atoms with Crippen molar-refractivity contribution in [3.63, 3.8) is 0 Å². The predicted molar refractivity (Wildman–Crippen MR) is 130 cm³/mol. The van der Waals surface area contributed by atoms with E-state index in [-0.39, 0.29) is 12.4 Å². The van der Waals surface area contributed by atoms with Crippen molar-refractivity contribution in [3.8, 4) is 28.1 Å². The molecule has 0 radical (unpaired) electrons. The summed E-state index contributed by atoms with van der Waals surface area (Å²) < 4.78 is 5.39. The van der Waals surface area contributed by atoms with E-state index in [0.29, 0.717) is 0 Å². The number of ether oxygens (including phenoxy) is 1. The summed E-state index contributed by atoms with van der Waals surface area (Å²) in [5.41, 5.74) is 7.64. The molecule has 2 nitrogen and oxygen atoms in total. The molecule has 30 heavy (non-hydrogen) atoms. The van der Waals surface area contributed by atoms with Crippen molar-refractivity contribution in [3.05, 3.63) is 70.6 Å². The van der Waals surface area contributed by atoms with Crippen LogP contribution in [-0.2, 0) is 12.8 Å². The van der Waals surface area contributed by atoms with E-state index in [4.69, 9.17) is 9.72 Å². The fourth-order valence-corrected chi connectivity index (χ4v) is 5.95. The molecule has 1 atom stereocenters. The number of thiophene rings is 1. The first-order valence-electron chi connectivity index (χ1n) is 10.3. The molecule has 4 heteroatoms. The maximum absolute atomic E-state index is 5.39. The number of halogens is 1. The number of hydrogen-bond acceptors (Lipinski definition) is 3. The maximum Gasteiger partial charge on any atom is 0.125 e. The van der Waals surface area contributed by atoms with E-state index in [0.717, 1.165) is 23.8 Å². The van der Waals surface area contributed by atoms with Gasteiger partial charge in [0.25, 0.3) is 0 Å². The van der Waals surface area contributed by atoms with Gasteiger partial charge in [0.2, 0.25) is 0 Å². The molecule has 4 aromatic rings. The monoisotopic (exact) mass is 435 g/mol. The molecule has 0 N–H and O–H groups in total. The van der Waals surface area contributed by atoms with Gasteiger partial charge >= 0.3 is 0 Å². The lowest BCUT2D eigenvalue weighted by atomic mass is 9.86. The largest absolute Gasteiger partial charge is 0.497 e. The lowest BCUT2D eigenvalue weighted by Crippen LogP contribution is -2.08. The molecule has 0 amide bonds. The first kappa shape index (κ1) is 20.9. The summed E-state index contributed by atoms with van der Waals surface area (Å²) in [5, 5.41) is 1.37. The maximum atomic E-state index is 5.39. The van der Waals surface area contributed by atoms with E-state index in [2.05, 4.69) is 68.4 Å². The number of nitrogens with zero attached hydrogens (tertiary/aromatic N) is 1. The van der Waals surface area contributed by atoms with Gasteiger partial charge in [0.1, 0.15) is 10.6 Å². The van der Waals surface area contributed by atoms with Crippen molar-refractivity contribution >= 4 is 34.0 Å². The summed E-state index contributed by atoms with van der Waals surface area (Å²) in [6.45, 7) is 4.59. The van der Waals surface area contributed by atoms with E-state index in [9.17, 15) is 0 Å². The van der Waals surface area contributed by atoms with Crippen LogP contribution in [0, 0.1) is 12.8 Å². The molecule has 2 aromatic heterocycles. The Labute approximate surface area is 188 Å². The molecular weight excluding hydrogens is 410 g/mol. The number of benzene rings is 2. The van der Waals surface area contributed by atoms with Crippen molar-refractivity contribution in [1.29, 1.82) is 0 Å². The first-order chi connectivity index (χ1) is 14.2. The van der Waals surface area contributed by atoms with Crippen molar-refractivity contribution in [2.75, 3.05) is 7.11 Å². The summed E-state index contributed by atoms with van der Waals surface area (Å²) in [6.07, 6.45) is 3.60. The molecule has 0 bridgehead atoms. The highest BCUT2D eigenvalue weighted by molar-refractivity contribution is 7.19. The minimum atomic E-state index is 0. The number of fused-ring (bicyclic) bond motifs is 3. The Bertz CT molecular complexity index is 1180. The molecule has 0 fully saturated rings. The normalized spacial score (nSPS) is 15.5. The van der Waals surface area contributed by atoms with Gasteiger partial charge in [-0.15, -0.1) is 23.7 Å².